The molecule has 2 N–H and O–H groups in total. The largest absolute Gasteiger partial charge is 0.573 e. The summed E-state index contributed by atoms with van der Waals surface area (Å²) < 4.78 is 67.9. The zero-order valence-corrected chi connectivity index (χ0v) is 17.9. The summed E-state index contributed by atoms with van der Waals surface area (Å²) in [6.07, 6.45) is -3.59. The van der Waals surface area contributed by atoms with Gasteiger partial charge < -0.3 is 14.7 Å². The van der Waals surface area contributed by atoms with Crippen molar-refractivity contribution in [2.75, 3.05) is 24.5 Å². The Bertz CT molecular complexity index is 1360. The average Bonchev–Trinajstić information content (AvgIpc) is 3.18. The highest BCUT2D eigenvalue weighted by Gasteiger charge is 2.41. The van der Waals surface area contributed by atoms with Gasteiger partial charge in [0.1, 0.15) is 22.0 Å². The van der Waals surface area contributed by atoms with Crippen molar-refractivity contribution in [3.05, 3.63) is 40.8 Å². The molecule has 1 saturated heterocycles. The van der Waals surface area contributed by atoms with E-state index in [2.05, 4.69) is 19.9 Å². The minimum atomic E-state index is -4.94. The maximum absolute atomic E-state index is 13.0. The van der Waals surface area contributed by atoms with Gasteiger partial charge in [0.25, 0.3) is 5.56 Å². The first-order chi connectivity index (χ1) is 15.5. The van der Waals surface area contributed by atoms with E-state index in [1.54, 1.807) is 4.90 Å². The number of ether oxygens (including phenoxy) is 1. The monoisotopic (exact) mass is 505 g/mol. The number of piperazine rings is 1. The van der Waals surface area contributed by atoms with Crippen LogP contribution in [0.2, 0.25) is 0 Å². The number of H-pyrrole nitrogens is 1. The highest BCUT2D eigenvalue weighted by atomic mass is 32.2. The molecule has 1 aliphatic rings. The van der Waals surface area contributed by atoms with Crippen LogP contribution < -0.4 is 15.2 Å². The Kier molecular flexibility index (Phi) is 5.75. The molecule has 0 saturated carbocycles. The van der Waals surface area contributed by atoms with Crippen LogP contribution in [0.4, 0.5) is 18.3 Å². The van der Waals surface area contributed by atoms with Gasteiger partial charge in [0, 0.05) is 19.6 Å². The van der Waals surface area contributed by atoms with Crippen molar-refractivity contribution in [3.8, 4) is 5.75 Å². The molecule has 0 aliphatic carbocycles. The molecule has 4 rings (SSSR count). The Balaban J connectivity index is 1.59. The van der Waals surface area contributed by atoms with E-state index in [4.69, 9.17) is 0 Å². The summed E-state index contributed by atoms with van der Waals surface area (Å²) in [5, 5.41) is 15.9. The number of nitrogens with zero attached hydrogens (tertiary/aromatic N) is 4. The van der Waals surface area contributed by atoms with Crippen LogP contribution in [0.3, 0.4) is 0 Å². The molecule has 176 valence electrons. The molecule has 0 radical (unpaired) electrons. The lowest BCUT2D eigenvalue weighted by Gasteiger charge is -2.38. The molecule has 0 bridgehead atoms. The van der Waals surface area contributed by atoms with Crippen LogP contribution in [0.5, 0.6) is 5.75 Å². The van der Waals surface area contributed by atoms with Gasteiger partial charge in [0.05, 0.1) is 11.1 Å². The molecule has 11 nitrogen and oxygen atoms in total. The first kappa shape index (κ1) is 22.9. The summed E-state index contributed by atoms with van der Waals surface area (Å²) in [5.41, 5.74) is -0.132. The average molecular weight is 505 g/mol. The molecule has 1 fully saturated rings. The lowest BCUT2D eigenvalue weighted by molar-refractivity contribution is -0.274. The summed E-state index contributed by atoms with van der Waals surface area (Å²) in [6.45, 7) is -0.414. The van der Waals surface area contributed by atoms with Gasteiger partial charge in [-0.15, -0.1) is 13.2 Å². The summed E-state index contributed by atoms with van der Waals surface area (Å²) in [7, 11) is -4.35. The van der Waals surface area contributed by atoms with E-state index in [-0.39, 0.29) is 24.5 Å². The van der Waals surface area contributed by atoms with Crippen LogP contribution in [-0.4, -0.2) is 71.0 Å². The number of carboxylic acids is 1. The van der Waals surface area contributed by atoms with Crippen molar-refractivity contribution in [2.45, 2.75) is 17.3 Å². The molecular formula is C17H14F3N5O6S2. The molecule has 3 aromatic rings. The van der Waals surface area contributed by atoms with E-state index in [0.717, 1.165) is 39.9 Å². The van der Waals surface area contributed by atoms with E-state index >= 15 is 0 Å². The third kappa shape index (κ3) is 4.62. The molecule has 33 heavy (non-hydrogen) atoms. The van der Waals surface area contributed by atoms with Gasteiger partial charge in [-0.3, -0.25) is 9.59 Å². The van der Waals surface area contributed by atoms with Crippen LogP contribution in [0.15, 0.2) is 40.2 Å². The SMILES string of the molecule is O=C(O)C1CN(c2nc3cn[nH]c(=O)c3s2)CCN1S(=O)(=O)c1ccc(OC(F)(F)F)cc1. The fraction of sp³-hybridized carbons (Fsp3) is 0.294. The number of alkyl halides is 3. The van der Waals surface area contributed by atoms with E-state index in [1.807, 2.05) is 0 Å². The fourth-order valence-electron chi connectivity index (χ4n) is 3.29. The second-order valence-electron chi connectivity index (χ2n) is 6.84. The van der Waals surface area contributed by atoms with Crippen LogP contribution in [0.1, 0.15) is 0 Å². The summed E-state index contributed by atoms with van der Waals surface area (Å²) in [6, 6.07) is 1.99. The predicted molar refractivity (Wildman–Crippen MR) is 109 cm³/mol. The summed E-state index contributed by atoms with van der Waals surface area (Å²) in [5.74, 6) is -2.03. The Labute approximate surface area is 187 Å². The Morgan fingerprint density at radius 1 is 1.24 bits per heavy atom. The number of nitrogens with one attached hydrogen (secondary N) is 1. The number of anilines is 1. The first-order valence-electron chi connectivity index (χ1n) is 9.15. The maximum atomic E-state index is 13.0. The normalized spacial score (nSPS) is 17.9. The highest BCUT2D eigenvalue weighted by Crippen LogP contribution is 2.30. The number of carboxylic acid groups (broad SMARTS) is 1. The number of halogens is 3. The van der Waals surface area contributed by atoms with Crippen LogP contribution in [0.25, 0.3) is 10.2 Å². The standard InChI is InChI=1S/C17H14F3N5O6S2/c18-17(19,20)31-9-1-3-10(4-2-9)33(29,30)25-6-5-24(8-12(25)15(27)28)16-22-11-7-21-23-14(26)13(11)32-16/h1-4,7,12H,5-6,8H2,(H,23,26)(H,27,28). The van der Waals surface area contributed by atoms with Crippen molar-refractivity contribution in [3.63, 3.8) is 0 Å². The van der Waals surface area contributed by atoms with E-state index in [1.165, 1.54) is 6.20 Å². The molecule has 1 aromatic carbocycles. The second-order valence-corrected chi connectivity index (χ2v) is 9.71. The molecule has 1 unspecified atom stereocenters. The highest BCUT2D eigenvalue weighted by molar-refractivity contribution is 7.89. The van der Waals surface area contributed by atoms with E-state index in [0.29, 0.717) is 15.3 Å². The molecule has 16 heteroatoms. The van der Waals surface area contributed by atoms with Crippen molar-refractivity contribution in [1.82, 2.24) is 19.5 Å². The number of carbonyl (C=O) groups is 1. The minimum Gasteiger partial charge on any atom is -0.480 e. The Morgan fingerprint density at radius 2 is 1.94 bits per heavy atom. The molecule has 0 amide bonds. The zero-order valence-electron chi connectivity index (χ0n) is 16.3. The van der Waals surface area contributed by atoms with Gasteiger partial charge in [-0.2, -0.15) is 9.40 Å². The van der Waals surface area contributed by atoms with Gasteiger partial charge in [-0.25, -0.2) is 18.5 Å². The molecular weight excluding hydrogens is 491 g/mol. The van der Waals surface area contributed by atoms with Gasteiger partial charge >= 0.3 is 12.3 Å². The van der Waals surface area contributed by atoms with Crippen molar-refractivity contribution in [1.29, 1.82) is 0 Å². The first-order valence-corrected chi connectivity index (χ1v) is 11.4. The van der Waals surface area contributed by atoms with Crippen molar-refractivity contribution < 1.29 is 36.2 Å². The number of hydrogen-bond donors (Lipinski definition) is 2. The quantitative estimate of drug-likeness (QED) is 0.523. The van der Waals surface area contributed by atoms with Gasteiger partial charge in [-0.05, 0) is 24.3 Å². The van der Waals surface area contributed by atoms with E-state index < -0.39 is 39.7 Å². The smallest absolute Gasteiger partial charge is 0.480 e. The topological polar surface area (TPSA) is 146 Å². The number of rotatable bonds is 5. The fourth-order valence-corrected chi connectivity index (χ4v) is 5.81. The van der Waals surface area contributed by atoms with Gasteiger partial charge in [-0.1, -0.05) is 11.3 Å². The van der Waals surface area contributed by atoms with Gasteiger partial charge in [0.2, 0.25) is 10.0 Å². The zero-order chi connectivity index (χ0) is 24.0. The van der Waals surface area contributed by atoms with Crippen molar-refractivity contribution >= 4 is 42.7 Å². The number of fused-ring (bicyclic) bond motifs is 1. The third-order valence-electron chi connectivity index (χ3n) is 4.75. The molecule has 1 atom stereocenters. The summed E-state index contributed by atoms with van der Waals surface area (Å²) >= 11 is 1.02. The van der Waals surface area contributed by atoms with Gasteiger partial charge in [0.15, 0.2) is 5.13 Å². The Morgan fingerprint density at radius 3 is 2.55 bits per heavy atom. The van der Waals surface area contributed by atoms with Crippen LogP contribution in [0, 0.1) is 0 Å². The van der Waals surface area contributed by atoms with E-state index in [9.17, 15) is 36.3 Å². The molecule has 3 heterocycles. The lowest BCUT2D eigenvalue weighted by atomic mass is 10.2. The minimum absolute atomic E-state index is 0.0729. The van der Waals surface area contributed by atoms with Crippen LogP contribution >= 0.6 is 11.3 Å². The molecule has 2 aromatic heterocycles. The number of hydrogen-bond acceptors (Lipinski definition) is 9. The number of benzene rings is 1. The predicted octanol–water partition coefficient (Wildman–Crippen LogP) is 1.24. The van der Waals surface area contributed by atoms with Crippen molar-refractivity contribution in [2.24, 2.45) is 0 Å². The van der Waals surface area contributed by atoms with Crippen LogP contribution in [-0.2, 0) is 14.8 Å². The molecule has 1 aliphatic heterocycles. The Hall–Kier alpha value is -3.24. The number of aromatic nitrogens is 3. The number of thiazole rings is 1. The molecule has 0 spiro atoms. The lowest BCUT2D eigenvalue weighted by Crippen LogP contribution is -2.58. The second kappa shape index (κ2) is 8.27. The number of aliphatic carboxylic acids is 1. The third-order valence-corrected chi connectivity index (χ3v) is 7.81. The number of sulfonamides is 1. The maximum Gasteiger partial charge on any atom is 0.573 e. The summed E-state index contributed by atoms with van der Waals surface area (Å²) in [4.78, 5) is 29.2. The number of aromatic amines is 1.